The molecule has 0 atom stereocenters. The second kappa shape index (κ2) is 5.55. The minimum Gasteiger partial charge on any atom is -0.382 e. The van der Waals surface area contributed by atoms with Crippen LogP contribution in [0.15, 0.2) is 24.3 Å². The molecule has 1 rings (SSSR count). The van der Waals surface area contributed by atoms with Crippen LogP contribution in [0.25, 0.3) is 0 Å². The SMILES string of the molecule is COCc1[c-]cccc1.[Li+]. The summed E-state index contributed by atoms with van der Waals surface area (Å²) in [5.74, 6) is 0. The van der Waals surface area contributed by atoms with Crippen LogP contribution < -0.4 is 18.9 Å². The molecule has 0 spiro atoms. The monoisotopic (exact) mass is 128 g/mol. The zero-order valence-electron chi connectivity index (χ0n) is 6.42. The second-order valence-corrected chi connectivity index (χ2v) is 1.82. The van der Waals surface area contributed by atoms with Crippen LogP contribution >= 0.6 is 0 Å². The van der Waals surface area contributed by atoms with Gasteiger partial charge in [0.05, 0.1) is 0 Å². The molecule has 0 unspecified atom stereocenters. The molecule has 1 aromatic rings. The molecule has 10 heavy (non-hydrogen) atoms. The second-order valence-electron chi connectivity index (χ2n) is 1.82. The fraction of sp³-hybridized carbons (Fsp3) is 0.250. The van der Waals surface area contributed by atoms with Gasteiger partial charge in [-0.3, -0.25) is 0 Å². The molecule has 48 valence electrons. The number of hydrogen-bond acceptors (Lipinski definition) is 1. The van der Waals surface area contributed by atoms with Gasteiger partial charge in [-0.2, -0.15) is 30.3 Å². The topological polar surface area (TPSA) is 9.23 Å². The molecule has 0 heterocycles. The fourth-order valence-corrected chi connectivity index (χ4v) is 0.676. The Bertz CT molecular complexity index is 162. The van der Waals surface area contributed by atoms with Crippen molar-refractivity contribution in [3.63, 3.8) is 0 Å². The first kappa shape index (κ1) is 9.78. The Morgan fingerprint density at radius 1 is 1.50 bits per heavy atom. The largest absolute Gasteiger partial charge is 1.00 e. The van der Waals surface area contributed by atoms with Gasteiger partial charge in [0.25, 0.3) is 0 Å². The van der Waals surface area contributed by atoms with Gasteiger partial charge in [0.1, 0.15) is 0 Å². The van der Waals surface area contributed by atoms with Gasteiger partial charge in [0, 0.05) is 13.7 Å². The van der Waals surface area contributed by atoms with E-state index in [1.54, 1.807) is 7.11 Å². The Hall–Kier alpha value is -0.223. The summed E-state index contributed by atoms with van der Waals surface area (Å²) in [6, 6.07) is 10.8. The van der Waals surface area contributed by atoms with Crippen LogP contribution in [0.4, 0.5) is 0 Å². The number of hydrogen-bond donors (Lipinski definition) is 0. The third-order valence-corrected chi connectivity index (χ3v) is 1.07. The molecule has 0 amide bonds. The zero-order valence-corrected chi connectivity index (χ0v) is 6.42. The summed E-state index contributed by atoms with van der Waals surface area (Å²) in [7, 11) is 1.68. The number of methoxy groups -OCH3 is 1. The number of benzene rings is 1. The van der Waals surface area contributed by atoms with Gasteiger partial charge in [0.15, 0.2) is 0 Å². The quantitative estimate of drug-likeness (QED) is 0.353. The van der Waals surface area contributed by atoms with Gasteiger partial charge in [-0.15, -0.1) is 5.56 Å². The van der Waals surface area contributed by atoms with E-state index in [4.69, 9.17) is 4.74 Å². The Morgan fingerprint density at radius 3 is 2.80 bits per heavy atom. The van der Waals surface area contributed by atoms with Gasteiger partial charge in [-0.25, -0.2) is 0 Å². The molecular formula is C8H9LiO. The maximum absolute atomic E-state index is 4.90. The zero-order chi connectivity index (χ0) is 6.53. The Morgan fingerprint density at radius 2 is 2.30 bits per heavy atom. The molecule has 0 saturated carbocycles. The average Bonchev–Trinajstić information content (AvgIpc) is 1.91. The summed E-state index contributed by atoms with van der Waals surface area (Å²) >= 11 is 0. The third kappa shape index (κ3) is 3.08. The van der Waals surface area contributed by atoms with Crippen molar-refractivity contribution in [3.8, 4) is 0 Å². The maximum Gasteiger partial charge on any atom is 1.00 e. The van der Waals surface area contributed by atoms with Crippen molar-refractivity contribution >= 4 is 0 Å². The van der Waals surface area contributed by atoms with E-state index < -0.39 is 0 Å². The first-order chi connectivity index (χ1) is 4.43. The van der Waals surface area contributed by atoms with Gasteiger partial charge >= 0.3 is 18.9 Å². The van der Waals surface area contributed by atoms with E-state index in [1.807, 2.05) is 24.3 Å². The van der Waals surface area contributed by atoms with E-state index in [2.05, 4.69) is 6.07 Å². The molecule has 0 aliphatic heterocycles. The smallest absolute Gasteiger partial charge is 0.382 e. The molecular weight excluding hydrogens is 119 g/mol. The van der Waals surface area contributed by atoms with Crippen LogP contribution in [0.1, 0.15) is 5.56 Å². The van der Waals surface area contributed by atoms with Crippen LogP contribution in [0.2, 0.25) is 0 Å². The summed E-state index contributed by atoms with van der Waals surface area (Å²) in [6.07, 6.45) is 0. The third-order valence-electron chi connectivity index (χ3n) is 1.07. The Balaban J connectivity index is 0.000000810. The van der Waals surface area contributed by atoms with E-state index in [-0.39, 0.29) is 18.9 Å². The summed E-state index contributed by atoms with van der Waals surface area (Å²) in [4.78, 5) is 0. The van der Waals surface area contributed by atoms with E-state index in [0.29, 0.717) is 6.61 Å². The molecule has 0 aliphatic carbocycles. The van der Waals surface area contributed by atoms with Gasteiger partial charge in [-0.1, -0.05) is 0 Å². The first-order valence-corrected chi connectivity index (χ1v) is 2.88. The van der Waals surface area contributed by atoms with Crippen molar-refractivity contribution in [1.82, 2.24) is 0 Å². The van der Waals surface area contributed by atoms with Crippen molar-refractivity contribution in [2.75, 3.05) is 7.11 Å². The molecule has 0 aromatic heterocycles. The molecule has 0 aliphatic rings. The molecule has 0 N–H and O–H groups in total. The van der Waals surface area contributed by atoms with Crippen LogP contribution in [0.5, 0.6) is 0 Å². The molecule has 0 saturated heterocycles. The van der Waals surface area contributed by atoms with Crippen molar-refractivity contribution in [2.24, 2.45) is 0 Å². The van der Waals surface area contributed by atoms with Crippen LogP contribution in [-0.2, 0) is 11.3 Å². The molecule has 0 fully saturated rings. The van der Waals surface area contributed by atoms with E-state index in [1.165, 1.54) is 0 Å². The van der Waals surface area contributed by atoms with Crippen molar-refractivity contribution in [1.29, 1.82) is 0 Å². The van der Waals surface area contributed by atoms with E-state index in [0.717, 1.165) is 5.56 Å². The van der Waals surface area contributed by atoms with Gasteiger partial charge < -0.3 is 4.74 Å². The van der Waals surface area contributed by atoms with Crippen molar-refractivity contribution < 1.29 is 23.6 Å². The summed E-state index contributed by atoms with van der Waals surface area (Å²) in [6.45, 7) is 0.654. The summed E-state index contributed by atoms with van der Waals surface area (Å²) in [5, 5.41) is 0. The maximum atomic E-state index is 4.90. The average molecular weight is 128 g/mol. The normalized spacial score (nSPS) is 8.50. The van der Waals surface area contributed by atoms with Crippen LogP contribution in [0.3, 0.4) is 0 Å². The Kier molecular flexibility index (Phi) is 5.43. The Labute approximate surface area is 73.6 Å². The van der Waals surface area contributed by atoms with Gasteiger partial charge in [-0.05, 0) is 0 Å². The van der Waals surface area contributed by atoms with Crippen molar-refractivity contribution in [2.45, 2.75) is 6.61 Å². The van der Waals surface area contributed by atoms with Crippen LogP contribution in [0, 0.1) is 6.07 Å². The summed E-state index contributed by atoms with van der Waals surface area (Å²) < 4.78 is 4.90. The number of rotatable bonds is 2. The summed E-state index contributed by atoms with van der Waals surface area (Å²) in [5.41, 5.74) is 1.10. The molecule has 1 aromatic carbocycles. The first-order valence-electron chi connectivity index (χ1n) is 2.88. The predicted molar refractivity (Wildman–Crippen MR) is 36.0 cm³/mol. The number of ether oxygens (including phenoxy) is 1. The molecule has 0 bridgehead atoms. The molecule has 0 radical (unpaired) electrons. The van der Waals surface area contributed by atoms with Crippen LogP contribution in [-0.4, -0.2) is 7.11 Å². The van der Waals surface area contributed by atoms with E-state index in [9.17, 15) is 0 Å². The minimum absolute atomic E-state index is 0. The molecule has 2 heteroatoms. The van der Waals surface area contributed by atoms with Gasteiger partial charge in [0.2, 0.25) is 0 Å². The minimum atomic E-state index is 0. The van der Waals surface area contributed by atoms with Crippen molar-refractivity contribution in [3.05, 3.63) is 35.9 Å². The standard InChI is InChI=1S/C8H9O.Li/c1-9-7-8-5-3-2-4-6-8;/h2-5H,7H2,1H3;/q-1;+1. The van der Waals surface area contributed by atoms with E-state index >= 15 is 0 Å². The fourth-order valence-electron chi connectivity index (χ4n) is 0.676. The predicted octanol–water partition coefficient (Wildman–Crippen LogP) is -1.36. The molecule has 1 nitrogen and oxygen atoms in total.